The molecule has 0 aliphatic heterocycles. The van der Waals surface area contributed by atoms with Gasteiger partial charge in [-0.05, 0) is 5.56 Å². The lowest BCUT2D eigenvalue weighted by molar-refractivity contribution is 0.115. The van der Waals surface area contributed by atoms with Gasteiger partial charge in [0.15, 0.2) is 0 Å². The molecule has 5 nitrogen and oxygen atoms in total. The van der Waals surface area contributed by atoms with Gasteiger partial charge in [0.25, 0.3) is 0 Å². The van der Waals surface area contributed by atoms with Crippen LogP contribution < -0.4 is 0 Å². The van der Waals surface area contributed by atoms with E-state index in [0.29, 0.717) is 6.42 Å². The summed E-state index contributed by atoms with van der Waals surface area (Å²) in [5.74, 6) is 0. The molecule has 0 aliphatic carbocycles. The Balaban J connectivity index is 2.32. The normalized spacial score (nSPS) is 11.7. The molecule has 0 bridgehead atoms. The minimum Gasteiger partial charge on any atom is -0.395 e. The highest BCUT2D eigenvalue weighted by Gasteiger charge is 2.32. The number of benzene rings is 1. The van der Waals surface area contributed by atoms with Crippen molar-refractivity contribution in [3.63, 3.8) is 0 Å². The summed E-state index contributed by atoms with van der Waals surface area (Å²) in [6, 6.07) is 9.51. The standard InChI is InChI=1S/C13H17N3O2/c1-16-8-12(14-15-16)7-13(9-17,10-18)11-5-3-2-4-6-11/h2-6,8,17-18H,7,9-10H2,1H3. The molecule has 0 saturated carbocycles. The maximum absolute atomic E-state index is 9.68. The van der Waals surface area contributed by atoms with Crippen molar-refractivity contribution >= 4 is 0 Å². The number of nitrogens with zero attached hydrogens (tertiary/aromatic N) is 3. The summed E-state index contributed by atoms with van der Waals surface area (Å²) in [5, 5.41) is 27.2. The molecule has 0 aliphatic rings. The van der Waals surface area contributed by atoms with Crippen LogP contribution in [0.3, 0.4) is 0 Å². The molecule has 0 saturated heterocycles. The van der Waals surface area contributed by atoms with Gasteiger partial charge >= 0.3 is 0 Å². The molecule has 2 rings (SSSR count). The lowest BCUT2D eigenvalue weighted by Gasteiger charge is -2.29. The number of rotatable bonds is 5. The smallest absolute Gasteiger partial charge is 0.0837 e. The first-order chi connectivity index (χ1) is 8.70. The molecule has 5 heteroatoms. The monoisotopic (exact) mass is 247 g/mol. The van der Waals surface area contributed by atoms with Crippen molar-refractivity contribution in [1.82, 2.24) is 15.0 Å². The average molecular weight is 247 g/mol. The Morgan fingerprint density at radius 1 is 1.17 bits per heavy atom. The fourth-order valence-corrected chi connectivity index (χ4v) is 2.06. The topological polar surface area (TPSA) is 71.2 Å². The van der Waals surface area contributed by atoms with Crippen LogP contribution in [0.4, 0.5) is 0 Å². The molecule has 0 spiro atoms. The van der Waals surface area contributed by atoms with Crippen LogP contribution in [-0.2, 0) is 18.9 Å². The second-order valence-electron chi connectivity index (χ2n) is 4.52. The van der Waals surface area contributed by atoms with E-state index in [4.69, 9.17) is 0 Å². The molecule has 0 fully saturated rings. The zero-order valence-electron chi connectivity index (χ0n) is 10.3. The summed E-state index contributed by atoms with van der Waals surface area (Å²) in [4.78, 5) is 0. The molecule has 0 radical (unpaired) electrons. The van der Waals surface area contributed by atoms with Crippen LogP contribution in [0.1, 0.15) is 11.3 Å². The molecule has 0 amide bonds. The average Bonchev–Trinajstić information content (AvgIpc) is 2.82. The van der Waals surface area contributed by atoms with Gasteiger partial charge < -0.3 is 10.2 Å². The van der Waals surface area contributed by atoms with Crippen LogP contribution in [0.2, 0.25) is 0 Å². The van der Waals surface area contributed by atoms with Gasteiger partial charge in [-0.2, -0.15) is 0 Å². The first-order valence-corrected chi connectivity index (χ1v) is 5.83. The van der Waals surface area contributed by atoms with Gasteiger partial charge in [0, 0.05) is 25.1 Å². The van der Waals surface area contributed by atoms with Crippen LogP contribution in [-0.4, -0.2) is 38.4 Å². The largest absolute Gasteiger partial charge is 0.395 e. The van der Waals surface area contributed by atoms with Gasteiger partial charge in [0.2, 0.25) is 0 Å². The molecule has 2 aromatic rings. The van der Waals surface area contributed by atoms with Gasteiger partial charge in [0.05, 0.1) is 18.9 Å². The molecule has 0 atom stereocenters. The zero-order valence-corrected chi connectivity index (χ0v) is 10.3. The maximum atomic E-state index is 9.68. The minimum absolute atomic E-state index is 0.135. The zero-order chi connectivity index (χ0) is 13.0. The summed E-state index contributed by atoms with van der Waals surface area (Å²) in [5.41, 5.74) is 0.946. The lowest BCUT2D eigenvalue weighted by Crippen LogP contribution is -2.37. The predicted octanol–water partition coefficient (Wildman–Crippen LogP) is 0.280. The van der Waals surface area contributed by atoms with E-state index in [9.17, 15) is 10.2 Å². The van der Waals surface area contributed by atoms with E-state index in [1.165, 1.54) is 0 Å². The minimum atomic E-state index is -0.711. The van der Waals surface area contributed by atoms with Crippen molar-refractivity contribution in [2.75, 3.05) is 13.2 Å². The molecular formula is C13H17N3O2. The van der Waals surface area contributed by atoms with E-state index >= 15 is 0 Å². The first-order valence-electron chi connectivity index (χ1n) is 5.83. The molecule has 96 valence electrons. The summed E-state index contributed by atoms with van der Waals surface area (Å²) in [6.45, 7) is -0.270. The van der Waals surface area contributed by atoms with Gasteiger partial charge in [-0.15, -0.1) is 5.10 Å². The summed E-state index contributed by atoms with van der Waals surface area (Å²) in [6.07, 6.45) is 2.25. The SMILES string of the molecule is Cn1cc(CC(CO)(CO)c2ccccc2)nn1. The van der Waals surface area contributed by atoms with Crippen LogP contribution in [0.15, 0.2) is 36.5 Å². The highest BCUT2D eigenvalue weighted by atomic mass is 16.3. The van der Waals surface area contributed by atoms with Crippen molar-refractivity contribution in [3.05, 3.63) is 47.8 Å². The molecule has 0 unspecified atom stereocenters. The number of aliphatic hydroxyl groups excluding tert-OH is 2. The highest BCUT2D eigenvalue weighted by Crippen LogP contribution is 2.27. The van der Waals surface area contributed by atoms with Gasteiger partial charge in [-0.3, -0.25) is 4.68 Å². The van der Waals surface area contributed by atoms with E-state index < -0.39 is 5.41 Å². The maximum Gasteiger partial charge on any atom is 0.0837 e. The fraction of sp³-hybridized carbons (Fsp3) is 0.385. The predicted molar refractivity (Wildman–Crippen MR) is 67.0 cm³/mol. The summed E-state index contributed by atoms with van der Waals surface area (Å²) < 4.78 is 1.61. The van der Waals surface area contributed by atoms with Crippen LogP contribution >= 0.6 is 0 Å². The number of hydrogen-bond acceptors (Lipinski definition) is 4. The molecule has 2 N–H and O–H groups in total. The Labute approximate surface area is 106 Å². The summed E-state index contributed by atoms with van der Waals surface area (Å²) >= 11 is 0. The number of aryl methyl sites for hydroxylation is 1. The second-order valence-corrected chi connectivity index (χ2v) is 4.52. The lowest BCUT2D eigenvalue weighted by atomic mass is 9.78. The Morgan fingerprint density at radius 3 is 2.33 bits per heavy atom. The van der Waals surface area contributed by atoms with Crippen molar-refractivity contribution < 1.29 is 10.2 Å². The summed E-state index contributed by atoms with van der Waals surface area (Å²) in [7, 11) is 1.79. The van der Waals surface area contributed by atoms with E-state index in [1.807, 2.05) is 30.3 Å². The Bertz CT molecular complexity index is 492. The van der Waals surface area contributed by atoms with Gasteiger partial charge in [0.1, 0.15) is 0 Å². The van der Waals surface area contributed by atoms with Gasteiger partial charge in [-0.1, -0.05) is 35.5 Å². The van der Waals surface area contributed by atoms with Crippen molar-refractivity contribution in [1.29, 1.82) is 0 Å². The third-order valence-corrected chi connectivity index (χ3v) is 3.16. The van der Waals surface area contributed by atoms with Crippen molar-refractivity contribution in [2.45, 2.75) is 11.8 Å². The third kappa shape index (κ3) is 2.42. The fourth-order valence-electron chi connectivity index (χ4n) is 2.06. The number of aromatic nitrogens is 3. The van der Waals surface area contributed by atoms with Gasteiger partial charge in [-0.25, -0.2) is 0 Å². The Kier molecular flexibility index (Phi) is 3.74. The Hall–Kier alpha value is -1.72. The molecule has 1 aromatic heterocycles. The quantitative estimate of drug-likeness (QED) is 0.796. The molecule has 1 heterocycles. The highest BCUT2D eigenvalue weighted by molar-refractivity contribution is 5.27. The van der Waals surface area contributed by atoms with Crippen molar-refractivity contribution in [3.8, 4) is 0 Å². The molecule has 1 aromatic carbocycles. The van der Waals surface area contributed by atoms with Crippen LogP contribution in [0.25, 0.3) is 0 Å². The van der Waals surface area contributed by atoms with Crippen LogP contribution in [0, 0.1) is 0 Å². The Morgan fingerprint density at radius 2 is 1.83 bits per heavy atom. The molecule has 18 heavy (non-hydrogen) atoms. The number of aliphatic hydroxyl groups is 2. The van der Waals surface area contributed by atoms with E-state index in [-0.39, 0.29) is 13.2 Å². The van der Waals surface area contributed by atoms with E-state index in [2.05, 4.69) is 10.3 Å². The van der Waals surface area contributed by atoms with Crippen LogP contribution in [0.5, 0.6) is 0 Å². The van der Waals surface area contributed by atoms with E-state index in [1.54, 1.807) is 17.9 Å². The van der Waals surface area contributed by atoms with Crippen molar-refractivity contribution in [2.24, 2.45) is 7.05 Å². The molecular weight excluding hydrogens is 230 g/mol. The van der Waals surface area contributed by atoms with E-state index in [0.717, 1.165) is 11.3 Å². The second kappa shape index (κ2) is 5.29. The first kappa shape index (κ1) is 12.7. The third-order valence-electron chi connectivity index (χ3n) is 3.16. The number of hydrogen-bond donors (Lipinski definition) is 2.